The van der Waals surface area contributed by atoms with Crippen molar-refractivity contribution in [1.29, 1.82) is 0 Å². The lowest BCUT2D eigenvalue weighted by atomic mass is 10.1. The molecular formula is C41H53N9O6. The fraction of sp³-hybridized carbons (Fsp3) is 0.415. The molecule has 1 aliphatic heterocycles. The third-order valence-electron chi connectivity index (χ3n) is 9.41. The lowest BCUT2D eigenvalue weighted by Crippen LogP contribution is -2.31. The maximum Gasteiger partial charge on any atom is 0.258 e. The molecule has 1 aliphatic rings. The van der Waals surface area contributed by atoms with Crippen molar-refractivity contribution < 1.29 is 28.8 Å². The highest BCUT2D eigenvalue weighted by atomic mass is 16.2. The van der Waals surface area contributed by atoms with Crippen LogP contribution in [0.1, 0.15) is 84.1 Å². The van der Waals surface area contributed by atoms with Crippen molar-refractivity contribution in [3.8, 4) is 0 Å². The van der Waals surface area contributed by atoms with Crippen molar-refractivity contribution in [1.82, 2.24) is 20.4 Å². The smallest absolute Gasteiger partial charge is 0.258 e. The van der Waals surface area contributed by atoms with Crippen LogP contribution in [0.25, 0.3) is 0 Å². The Morgan fingerprint density at radius 1 is 0.714 bits per heavy atom. The molecule has 5 N–H and O–H groups in total. The van der Waals surface area contributed by atoms with Gasteiger partial charge < -0.3 is 36.4 Å². The summed E-state index contributed by atoms with van der Waals surface area (Å²) in [6.45, 7) is 15.8. The Kier molecular flexibility index (Phi) is 16.4. The average Bonchev–Trinajstić information content (AvgIpc) is 3.57. The summed E-state index contributed by atoms with van der Waals surface area (Å²) >= 11 is 0. The number of rotatable bonds is 21. The summed E-state index contributed by atoms with van der Waals surface area (Å²) < 4.78 is 0. The van der Waals surface area contributed by atoms with E-state index in [-0.39, 0.29) is 52.2 Å². The van der Waals surface area contributed by atoms with E-state index in [9.17, 15) is 28.8 Å². The number of carbonyl (C=O) groups is 6. The van der Waals surface area contributed by atoms with Crippen molar-refractivity contribution in [2.45, 2.75) is 59.9 Å². The summed E-state index contributed by atoms with van der Waals surface area (Å²) in [6.07, 6.45) is 1.76. The normalized spacial score (nSPS) is 12.7. The molecule has 0 aromatic heterocycles. The van der Waals surface area contributed by atoms with Crippen molar-refractivity contribution in [2.24, 2.45) is 10.2 Å². The highest BCUT2D eigenvalue weighted by molar-refractivity contribution is 6.11. The van der Waals surface area contributed by atoms with Gasteiger partial charge in [0.25, 0.3) is 23.6 Å². The summed E-state index contributed by atoms with van der Waals surface area (Å²) in [4.78, 5) is 81.7. The molecule has 0 saturated carbocycles. The van der Waals surface area contributed by atoms with E-state index in [1.54, 1.807) is 36.4 Å². The SMILES string of the molecule is CCN(CC)CCCNC(=O)c1cc(NC(=O)c2cccc(N=NC(C(C)=O)C(=O)Nc3ccc4c(c3)NC(=O)C4)c2)cc(C(=O)NCCCN(CC)CC)c1. The third kappa shape index (κ3) is 12.6. The summed E-state index contributed by atoms with van der Waals surface area (Å²) in [5.41, 5.74) is 2.84. The van der Waals surface area contributed by atoms with Gasteiger partial charge in [0, 0.05) is 46.8 Å². The monoisotopic (exact) mass is 767 g/mol. The van der Waals surface area contributed by atoms with Gasteiger partial charge in [-0.2, -0.15) is 10.2 Å². The predicted octanol–water partition coefficient (Wildman–Crippen LogP) is 5.04. The van der Waals surface area contributed by atoms with E-state index in [2.05, 4.69) is 74.3 Å². The first-order chi connectivity index (χ1) is 26.9. The molecule has 0 radical (unpaired) electrons. The minimum atomic E-state index is -1.47. The summed E-state index contributed by atoms with van der Waals surface area (Å²) in [7, 11) is 0. The van der Waals surface area contributed by atoms with E-state index < -0.39 is 23.6 Å². The number of fused-ring (bicyclic) bond motifs is 1. The Morgan fingerprint density at radius 3 is 1.89 bits per heavy atom. The molecule has 5 amide bonds. The fourth-order valence-corrected chi connectivity index (χ4v) is 6.11. The molecule has 15 nitrogen and oxygen atoms in total. The van der Waals surface area contributed by atoms with Crippen LogP contribution in [0.4, 0.5) is 22.7 Å². The van der Waals surface area contributed by atoms with E-state index in [4.69, 9.17) is 0 Å². The molecule has 0 saturated heterocycles. The Balaban J connectivity index is 1.47. The van der Waals surface area contributed by atoms with E-state index in [1.807, 2.05) is 0 Å². The molecule has 3 aromatic rings. The van der Waals surface area contributed by atoms with Gasteiger partial charge >= 0.3 is 0 Å². The maximum atomic E-state index is 13.5. The standard InChI is InChI=1S/C41H53N9O6/c1-6-49(7-2)19-11-17-42-38(53)30-21-31(39(54)43-18-12-20-50(8-3)9-4)24-34(23-30)45-40(55)29-13-10-14-33(22-29)47-48-37(27(5)51)41(56)44-32-16-15-28-25-36(52)46-35(28)26-32/h10,13-16,21-24,26,37H,6-9,11-12,17-20,25H2,1-5H3,(H,42,53)(H,43,54)(H,44,56)(H,45,55)(H,46,52). The molecule has 298 valence electrons. The number of nitrogens with zero attached hydrogens (tertiary/aromatic N) is 4. The van der Waals surface area contributed by atoms with Crippen LogP contribution in [-0.4, -0.2) is 104 Å². The van der Waals surface area contributed by atoms with Gasteiger partial charge in [-0.3, -0.25) is 28.8 Å². The lowest BCUT2D eigenvalue weighted by Gasteiger charge is -2.18. The van der Waals surface area contributed by atoms with Gasteiger partial charge in [-0.25, -0.2) is 0 Å². The predicted molar refractivity (Wildman–Crippen MR) is 217 cm³/mol. The average molecular weight is 768 g/mol. The second-order valence-corrected chi connectivity index (χ2v) is 13.4. The number of hydrogen-bond donors (Lipinski definition) is 5. The number of azo groups is 1. The zero-order valence-corrected chi connectivity index (χ0v) is 32.9. The molecule has 0 fully saturated rings. The van der Waals surface area contributed by atoms with Crippen LogP contribution in [0.2, 0.25) is 0 Å². The van der Waals surface area contributed by atoms with Crippen LogP contribution in [0, 0.1) is 0 Å². The maximum absolute atomic E-state index is 13.5. The molecule has 0 bridgehead atoms. The number of carbonyl (C=O) groups excluding carboxylic acids is 6. The van der Waals surface area contributed by atoms with Gasteiger partial charge in [0.05, 0.1) is 12.1 Å². The van der Waals surface area contributed by atoms with Crippen LogP contribution >= 0.6 is 0 Å². The largest absolute Gasteiger partial charge is 0.352 e. The van der Waals surface area contributed by atoms with Gasteiger partial charge in [0.15, 0.2) is 5.78 Å². The van der Waals surface area contributed by atoms with Crippen molar-refractivity contribution in [3.63, 3.8) is 0 Å². The van der Waals surface area contributed by atoms with Crippen molar-refractivity contribution in [3.05, 3.63) is 82.9 Å². The van der Waals surface area contributed by atoms with E-state index in [0.29, 0.717) is 24.5 Å². The second-order valence-electron chi connectivity index (χ2n) is 13.4. The van der Waals surface area contributed by atoms with Crippen molar-refractivity contribution >= 4 is 58.1 Å². The van der Waals surface area contributed by atoms with Gasteiger partial charge in [-0.05, 0) is 113 Å². The highest BCUT2D eigenvalue weighted by Gasteiger charge is 2.25. The Hall–Kier alpha value is -5.80. The first kappa shape index (κ1) is 42.9. The topological polar surface area (TPSA) is 194 Å². The molecule has 15 heteroatoms. The minimum absolute atomic E-state index is 0.146. The molecule has 1 atom stereocenters. The van der Waals surface area contributed by atoms with Crippen molar-refractivity contribution in [2.75, 3.05) is 68.3 Å². The van der Waals surface area contributed by atoms with Crippen LogP contribution in [-0.2, 0) is 20.8 Å². The summed E-state index contributed by atoms with van der Waals surface area (Å²) in [5.74, 6) is -2.69. The first-order valence-electron chi connectivity index (χ1n) is 19.2. The quantitative estimate of drug-likeness (QED) is 0.0566. The van der Waals surface area contributed by atoms with Gasteiger partial charge in [-0.1, -0.05) is 39.8 Å². The molecule has 0 aliphatic carbocycles. The van der Waals surface area contributed by atoms with Gasteiger partial charge in [-0.15, -0.1) is 0 Å². The molecule has 0 spiro atoms. The zero-order valence-electron chi connectivity index (χ0n) is 32.9. The number of anilines is 3. The Bertz CT molecular complexity index is 1870. The van der Waals surface area contributed by atoms with E-state index in [1.165, 1.54) is 31.2 Å². The number of ketones is 1. The molecular weight excluding hydrogens is 715 g/mol. The molecule has 4 rings (SSSR count). The number of amides is 5. The lowest BCUT2D eigenvalue weighted by molar-refractivity contribution is -0.126. The number of Topliss-reactive ketones (excluding diaryl/α,β-unsaturated/α-hetero) is 1. The fourth-order valence-electron chi connectivity index (χ4n) is 6.11. The molecule has 1 unspecified atom stereocenters. The third-order valence-corrected chi connectivity index (χ3v) is 9.41. The number of hydrogen-bond acceptors (Lipinski definition) is 10. The first-order valence-corrected chi connectivity index (χ1v) is 19.2. The van der Waals surface area contributed by atoms with Gasteiger partial charge in [0.1, 0.15) is 0 Å². The van der Waals surface area contributed by atoms with Crippen LogP contribution < -0.4 is 26.6 Å². The Morgan fingerprint density at radius 2 is 1.32 bits per heavy atom. The molecule has 3 aromatic carbocycles. The van der Waals surface area contributed by atoms with E-state index >= 15 is 0 Å². The minimum Gasteiger partial charge on any atom is -0.352 e. The van der Waals surface area contributed by atoms with Crippen LogP contribution in [0.15, 0.2) is 70.9 Å². The second kappa shape index (κ2) is 21.3. The number of benzene rings is 3. The van der Waals surface area contributed by atoms with Crippen LogP contribution in [0.5, 0.6) is 0 Å². The van der Waals surface area contributed by atoms with Crippen LogP contribution in [0.3, 0.4) is 0 Å². The van der Waals surface area contributed by atoms with E-state index in [0.717, 1.165) is 57.7 Å². The summed E-state index contributed by atoms with van der Waals surface area (Å²) in [5, 5.41) is 22.1. The summed E-state index contributed by atoms with van der Waals surface area (Å²) in [6, 6.07) is 14.2. The molecule has 1 heterocycles. The number of nitrogens with one attached hydrogen (secondary N) is 5. The molecule has 56 heavy (non-hydrogen) atoms. The highest BCUT2D eigenvalue weighted by Crippen LogP contribution is 2.27. The van der Waals surface area contributed by atoms with Gasteiger partial charge in [0.2, 0.25) is 11.9 Å². The Labute approximate surface area is 328 Å². The zero-order chi connectivity index (χ0) is 40.6.